The minimum absolute atomic E-state index is 0.207. The van der Waals surface area contributed by atoms with Crippen LogP contribution in [0.15, 0.2) is 12.2 Å². The van der Waals surface area contributed by atoms with Crippen molar-refractivity contribution in [1.29, 1.82) is 0 Å². The molecule has 0 spiro atoms. The lowest BCUT2D eigenvalue weighted by atomic mass is 9.66. The molecule has 0 bridgehead atoms. The van der Waals surface area contributed by atoms with Gasteiger partial charge in [0.1, 0.15) is 5.41 Å². The Morgan fingerprint density at radius 2 is 1.53 bits per heavy atom. The second-order valence-corrected chi connectivity index (χ2v) is 4.58. The van der Waals surface area contributed by atoms with E-state index in [1.807, 2.05) is 6.92 Å². The number of hydrogen-bond donors (Lipinski definition) is 2. The fraction of sp³-hybridized carbons (Fsp3) is 0.583. The number of carbonyl (C=O) groups excluding carboxylic acids is 3. The Hall–Kier alpha value is -1.65. The van der Waals surface area contributed by atoms with Crippen molar-refractivity contribution in [2.75, 3.05) is 0 Å². The molecular formula is C12H18N2O3. The van der Waals surface area contributed by atoms with Crippen LogP contribution in [0.4, 0.5) is 4.79 Å². The van der Waals surface area contributed by atoms with Crippen molar-refractivity contribution in [3.63, 3.8) is 0 Å². The summed E-state index contributed by atoms with van der Waals surface area (Å²) in [6, 6.07) is -0.746. The minimum Gasteiger partial charge on any atom is -0.277 e. The van der Waals surface area contributed by atoms with Crippen molar-refractivity contribution in [2.45, 2.75) is 27.7 Å². The molecule has 0 radical (unpaired) electrons. The molecule has 5 heteroatoms. The molecule has 0 aromatic carbocycles. The molecule has 4 amide bonds. The Labute approximate surface area is 101 Å². The molecule has 5 nitrogen and oxygen atoms in total. The third-order valence-corrected chi connectivity index (χ3v) is 3.32. The Bertz CT molecular complexity index is 365. The van der Waals surface area contributed by atoms with Crippen LogP contribution in [0.25, 0.3) is 0 Å². The molecule has 1 rings (SSSR count). The molecule has 0 aliphatic carbocycles. The standard InChI is InChI=1S/C12H18N2O3/c1-5-6-8(4)12(7(2)3)9(15)13-11(17)14-10(12)16/h5-8H,1-4H3,(H2,13,14,15,16,17)/b6-5-/t8-/m1/s1. The molecule has 1 aliphatic rings. The van der Waals surface area contributed by atoms with Gasteiger partial charge in [0, 0.05) is 0 Å². The van der Waals surface area contributed by atoms with Crippen LogP contribution in [0.2, 0.25) is 0 Å². The topological polar surface area (TPSA) is 75.3 Å². The van der Waals surface area contributed by atoms with Gasteiger partial charge in [-0.3, -0.25) is 20.2 Å². The first kappa shape index (κ1) is 13.4. The zero-order valence-electron chi connectivity index (χ0n) is 10.5. The van der Waals surface area contributed by atoms with Crippen molar-refractivity contribution in [1.82, 2.24) is 10.6 Å². The molecule has 1 saturated heterocycles. The summed E-state index contributed by atoms with van der Waals surface area (Å²) >= 11 is 0. The maximum Gasteiger partial charge on any atom is 0.328 e. The monoisotopic (exact) mass is 238 g/mol. The van der Waals surface area contributed by atoms with E-state index in [0.717, 1.165) is 0 Å². The number of imide groups is 2. The van der Waals surface area contributed by atoms with E-state index in [9.17, 15) is 14.4 Å². The highest BCUT2D eigenvalue weighted by Gasteiger charge is 2.55. The minimum atomic E-state index is -1.22. The quantitative estimate of drug-likeness (QED) is 0.573. The van der Waals surface area contributed by atoms with E-state index in [4.69, 9.17) is 0 Å². The van der Waals surface area contributed by atoms with Gasteiger partial charge in [-0.1, -0.05) is 32.9 Å². The van der Waals surface area contributed by atoms with Gasteiger partial charge in [0.05, 0.1) is 0 Å². The first-order valence-electron chi connectivity index (χ1n) is 5.67. The van der Waals surface area contributed by atoms with Gasteiger partial charge in [-0.25, -0.2) is 4.79 Å². The highest BCUT2D eigenvalue weighted by molar-refractivity contribution is 6.19. The lowest BCUT2D eigenvalue weighted by molar-refractivity contribution is -0.150. The first-order valence-corrected chi connectivity index (χ1v) is 5.67. The summed E-state index contributed by atoms with van der Waals surface area (Å²) in [5.41, 5.74) is -1.22. The van der Waals surface area contributed by atoms with Gasteiger partial charge in [0.25, 0.3) is 0 Å². The van der Waals surface area contributed by atoms with E-state index in [0.29, 0.717) is 0 Å². The lowest BCUT2D eigenvalue weighted by Gasteiger charge is -2.40. The number of hydrogen-bond acceptors (Lipinski definition) is 3. The van der Waals surface area contributed by atoms with Gasteiger partial charge in [-0.05, 0) is 18.8 Å². The fourth-order valence-electron chi connectivity index (χ4n) is 2.45. The molecule has 17 heavy (non-hydrogen) atoms. The summed E-state index contributed by atoms with van der Waals surface area (Å²) < 4.78 is 0. The third kappa shape index (κ3) is 1.97. The molecule has 0 aromatic heterocycles. The van der Waals surface area contributed by atoms with Gasteiger partial charge in [-0.2, -0.15) is 0 Å². The molecule has 1 heterocycles. The predicted octanol–water partition coefficient (Wildman–Crippen LogP) is 1.21. The SMILES string of the molecule is C/C=C\[C@@H](C)C1(C(C)C)C(=O)NC(=O)NC1=O. The Morgan fingerprint density at radius 1 is 1.06 bits per heavy atom. The number of urea groups is 1. The van der Waals surface area contributed by atoms with Crippen LogP contribution in [0.3, 0.4) is 0 Å². The zero-order chi connectivity index (χ0) is 13.2. The average molecular weight is 238 g/mol. The smallest absolute Gasteiger partial charge is 0.277 e. The van der Waals surface area contributed by atoms with Gasteiger partial charge in [0.15, 0.2) is 0 Å². The molecule has 1 atom stereocenters. The van der Waals surface area contributed by atoms with Crippen LogP contribution in [0.5, 0.6) is 0 Å². The molecule has 0 aromatic rings. The van der Waals surface area contributed by atoms with E-state index < -0.39 is 23.3 Å². The largest absolute Gasteiger partial charge is 0.328 e. The van der Waals surface area contributed by atoms with Crippen LogP contribution in [-0.2, 0) is 9.59 Å². The van der Waals surface area contributed by atoms with Crippen LogP contribution in [0, 0.1) is 17.3 Å². The number of rotatable bonds is 3. The normalized spacial score (nSPS) is 21.6. The molecule has 2 N–H and O–H groups in total. The van der Waals surface area contributed by atoms with E-state index in [1.165, 1.54) is 0 Å². The predicted molar refractivity (Wildman–Crippen MR) is 62.9 cm³/mol. The van der Waals surface area contributed by atoms with Gasteiger partial charge < -0.3 is 0 Å². The van der Waals surface area contributed by atoms with Crippen molar-refractivity contribution in [3.8, 4) is 0 Å². The summed E-state index contributed by atoms with van der Waals surface area (Å²) in [7, 11) is 0. The molecule has 94 valence electrons. The van der Waals surface area contributed by atoms with Crippen molar-refractivity contribution < 1.29 is 14.4 Å². The fourth-order valence-corrected chi connectivity index (χ4v) is 2.45. The number of nitrogens with one attached hydrogen (secondary N) is 2. The third-order valence-electron chi connectivity index (χ3n) is 3.32. The maximum absolute atomic E-state index is 12.1. The number of carbonyl (C=O) groups is 3. The molecule has 0 unspecified atom stereocenters. The van der Waals surface area contributed by atoms with Crippen molar-refractivity contribution in [3.05, 3.63) is 12.2 Å². The van der Waals surface area contributed by atoms with Crippen molar-refractivity contribution >= 4 is 17.8 Å². The van der Waals surface area contributed by atoms with E-state index >= 15 is 0 Å². The highest BCUT2D eigenvalue weighted by Crippen LogP contribution is 2.38. The van der Waals surface area contributed by atoms with Crippen LogP contribution in [0.1, 0.15) is 27.7 Å². The molecule has 0 saturated carbocycles. The average Bonchev–Trinajstić information content (AvgIpc) is 2.16. The second kappa shape index (κ2) is 4.69. The summed E-state index contributed by atoms with van der Waals surface area (Å²) in [6.45, 7) is 7.23. The highest BCUT2D eigenvalue weighted by atomic mass is 16.2. The second-order valence-electron chi connectivity index (χ2n) is 4.58. The lowest BCUT2D eigenvalue weighted by Crippen LogP contribution is -2.66. The molecule has 1 aliphatic heterocycles. The summed E-state index contributed by atoms with van der Waals surface area (Å²) in [4.78, 5) is 35.2. The Morgan fingerprint density at radius 3 is 1.88 bits per heavy atom. The van der Waals surface area contributed by atoms with E-state index in [1.54, 1.807) is 32.9 Å². The summed E-state index contributed by atoms with van der Waals surface area (Å²) in [5, 5.41) is 4.36. The van der Waals surface area contributed by atoms with Crippen LogP contribution >= 0.6 is 0 Å². The zero-order valence-corrected chi connectivity index (χ0v) is 10.5. The molecule has 1 fully saturated rings. The summed E-state index contributed by atoms with van der Waals surface area (Å²) in [6.07, 6.45) is 3.60. The number of barbiturate groups is 1. The Kier molecular flexibility index (Phi) is 3.70. The molecular weight excluding hydrogens is 220 g/mol. The first-order chi connectivity index (χ1) is 7.87. The van der Waals surface area contributed by atoms with E-state index in [-0.39, 0.29) is 11.8 Å². The maximum atomic E-state index is 12.1. The van der Waals surface area contributed by atoms with Crippen LogP contribution in [-0.4, -0.2) is 17.8 Å². The number of allylic oxidation sites excluding steroid dienone is 2. The van der Waals surface area contributed by atoms with Crippen LogP contribution < -0.4 is 10.6 Å². The number of amides is 4. The summed E-state index contributed by atoms with van der Waals surface area (Å²) in [5.74, 6) is -1.53. The van der Waals surface area contributed by atoms with Gasteiger partial charge >= 0.3 is 6.03 Å². The van der Waals surface area contributed by atoms with E-state index in [2.05, 4.69) is 10.6 Å². The van der Waals surface area contributed by atoms with Gasteiger partial charge in [-0.15, -0.1) is 0 Å². The Balaban J connectivity index is 3.27. The van der Waals surface area contributed by atoms with Crippen molar-refractivity contribution in [2.24, 2.45) is 17.3 Å². The van der Waals surface area contributed by atoms with Gasteiger partial charge in [0.2, 0.25) is 11.8 Å².